The Morgan fingerprint density at radius 3 is 2.17 bits per heavy atom. The highest BCUT2D eigenvalue weighted by Gasteiger charge is 2.30. The fourth-order valence-electron chi connectivity index (χ4n) is 3.24. The van der Waals surface area contributed by atoms with Crippen LogP contribution in [0.2, 0.25) is 0 Å². The Balaban J connectivity index is 1.79. The van der Waals surface area contributed by atoms with Crippen molar-refractivity contribution in [2.45, 2.75) is 31.5 Å². The molecule has 0 unspecified atom stereocenters. The minimum atomic E-state index is -0.438. The molecule has 2 N–H and O–H groups in total. The van der Waals surface area contributed by atoms with E-state index in [4.69, 9.17) is 9.47 Å². The van der Waals surface area contributed by atoms with E-state index in [0.717, 1.165) is 35.6 Å². The second-order valence-electron chi connectivity index (χ2n) is 5.88. The van der Waals surface area contributed by atoms with E-state index in [-0.39, 0.29) is 6.04 Å². The molecule has 2 atom stereocenters. The molecule has 0 saturated heterocycles. The fraction of sp³-hybridized carbons (Fsp3) is 0.368. The molecule has 0 aromatic heterocycles. The summed E-state index contributed by atoms with van der Waals surface area (Å²) >= 11 is 0. The molecule has 4 nitrogen and oxygen atoms in total. The lowest BCUT2D eigenvalue weighted by Crippen LogP contribution is -2.45. The predicted octanol–water partition coefficient (Wildman–Crippen LogP) is 2.32. The second-order valence-corrected chi connectivity index (χ2v) is 5.88. The highest BCUT2D eigenvalue weighted by Crippen LogP contribution is 2.36. The second kappa shape index (κ2) is 7.02. The number of ether oxygens (including phenoxy) is 2. The van der Waals surface area contributed by atoms with Gasteiger partial charge in [0.25, 0.3) is 0 Å². The summed E-state index contributed by atoms with van der Waals surface area (Å²) in [5, 5.41) is 14.0. The minimum absolute atomic E-state index is 0.00344. The summed E-state index contributed by atoms with van der Waals surface area (Å²) < 4.78 is 10.9. The molecular formula is C19H23NO3. The lowest BCUT2D eigenvalue weighted by molar-refractivity contribution is 0.117. The van der Waals surface area contributed by atoms with Gasteiger partial charge < -0.3 is 19.9 Å². The highest BCUT2D eigenvalue weighted by molar-refractivity contribution is 5.51. The fourth-order valence-corrected chi connectivity index (χ4v) is 3.24. The maximum Gasteiger partial charge on any atom is 0.122 e. The van der Waals surface area contributed by atoms with Crippen LogP contribution < -0.4 is 14.8 Å². The number of hydrogen-bond donors (Lipinski definition) is 2. The first kappa shape index (κ1) is 15.8. The van der Waals surface area contributed by atoms with Gasteiger partial charge in [0.2, 0.25) is 0 Å². The van der Waals surface area contributed by atoms with Crippen LogP contribution in [0.5, 0.6) is 11.5 Å². The normalized spacial score (nSPS) is 20.0. The van der Waals surface area contributed by atoms with E-state index < -0.39 is 6.10 Å². The van der Waals surface area contributed by atoms with Crippen molar-refractivity contribution in [1.29, 1.82) is 0 Å². The van der Waals surface area contributed by atoms with Gasteiger partial charge in [0.1, 0.15) is 11.5 Å². The summed E-state index contributed by atoms with van der Waals surface area (Å²) in [4.78, 5) is 0. The quantitative estimate of drug-likeness (QED) is 0.889. The zero-order chi connectivity index (χ0) is 16.2. The largest absolute Gasteiger partial charge is 0.496 e. The third-order valence-electron chi connectivity index (χ3n) is 4.50. The molecule has 0 spiro atoms. The molecule has 1 aliphatic carbocycles. The first-order valence-electron chi connectivity index (χ1n) is 7.91. The van der Waals surface area contributed by atoms with E-state index in [0.29, 0.717) is 6.42 Å². The molecule has 122 valence electrons. The third-order valence-corrected chi connectivity index (χ3v) is 4.50. The SMILES string of the molecule is COc1ccc(OC)c2c1C[C@H](NCc1ccccc1)[C@@H](O)C2. The van der Waals surface area contributed by atoms with Crippen molar-refractivity contribution >= 4 is 0 Å². The Labute approximate surface area is 137 Å². The number of rotatable bonds is 5. The van der Waals surface area contributed by atoms with Crippen molar-refractivity contribution < 1.29 is 14.6 Å². The van der Waals surface area contributed by atoms with Crippen LogP contribution in [0, 0.1) is 0 Å². The molecule has 0 amide bonds. The lowest BCUT2D eigenvalue weighted by atomic mass is 9.85. The molecule has 0 bridgehead atoms. The smallest absolute Gasteiger partial charge is 0.122 e. The molecule has 0 heterocycles. The Morgan fingerprint density at radius 2 is 1.57 bits per heavy atom. The monoisotopic (exact) mass is 313 g/mol. The summed E-state index contributed by atoms with van der Waals surface area (Å²) in [6.45, 7) is 0.740. The summed E-state index contributed by atoms with van der Waals surface area (Å²) in [6.07, 6.45) is 0.860. The van der Waals surface area contributed by atoms with E-state index in [1.807, 2.05) is 30.3 Å². The van der Waals surface area contributed by atoms with Gasteiger partial charge in [-0.2, -0.15) is 0 Å². The molecule has 1 aliphatic rings. The van der Waals surface area contributed by atoms with E-state index in [1.54, 1.807) is 14.2 Å². The minimum Gasteiger partial charge on any atom is -0.496 e. The Hall–Kier alpha value is -2.04. The van der Waals surface area contributed by atoms with Gasteiger partial charge in [-0.1, -0.05) is 30.3 Å². The van der Waals surface area contributed by atoms with E-state index >= 15 is 0 Å². The number of nitrogens with one attached hydrogen (secondary N) is 1. The Kier molecular flexibility index (Phi) is 4.84. The van der Waals surface area contributed by atoms with Crippen molar-refractivity contribution in [3.63, 3.8) is 0 Å². The third kappa shape index (κ3) is 3.33. The lowest BCUT2D eigenvalue weighted by Gasteiger charge is -2.32. The Morgan fingerprint density at radius 1 is 0.957 bits per heavy atom. The summed E-state index contributed by atoms with van der Waals surface area (Å²) in [7, 11) is 3.34. The molecular weight excluding hydrogens is 290 g/mol. The van der Waals surface area contributed by atoms with Crippen LogP contribution in [-0.4, -0.2) is 31.5 Å². The van der Waals surface area contributed by atoms with Crippen molar-refractivity contribution in [3.05, 3.63) is 59.2 Å². The van der Waals surface area contributed by atoms with Crippen LogP contribution in [-0.2, 0) is 19.4 Å². The average molecular weight is 313 g/mol. The van der Waals surface area contributed by atoms with Gasteiger partial charge in [-0.25, -0.2) is 0 Å². The van der Waals surface area contributed by atoms with Crippen LogP contribution in [0.15, 0.2) is 42.5 Å². The van der Waals surface area contributed by atoms with Crippen LogP contribution >= 0.6 is 0 Å². The molecule has 0 saturated carbocycles. The van der Waals surface area contributed by atoms with Crippen molar-refractivity contribution in [1.82, 2.24) is 5.32 Å². The highest BCUT2D eigenvalue weighted by atomic mass is 16.5. The predicted molar refractivity (Wildman–Crippen MR) is 90.0 cm³/mol. The van der Waals surface area contributed by atoms with Crippen LogP contribution in [0.4, 0.5) is 0 Å². The maximum atomic E-state index is 10.5. The van der Waals surface area contributed by atoms with Crippen LogP contribution in [0.25, 0.3) is 0 Å². The van der Waals surface area contributed by atoms with Gasteiger partial charge >= 0.3 is 0 Å². The van der Waals surface area contributed by atoms with Crippen molar-refractivity contribution in [3.8, 4) is 11.5 Å². The van der Waals surface area contributed by atoms with Crippen molar-refractivity contribution in [2.75, 3.05) is 14.2 Å². The van der Waals surface area contributed by atoms with Gasteiger partial charge in [0.05, 0.1) is 20.3 Å². The van der Waals surface area contributed by atoms with E-state index in [1.165, 1.54) is 5.56 Å². The van der Waals surface area contributed by atoms with E-state index in [9.17, 15) is 5.11 Å². The molecule has 2 aromatic carbocycles. The summed E-state index contributed by atoms with van der Waals surface area (Å²) in [5.41, 5.74) is 3.39. The number of hydrogen-bond acceptors (Lipinski definition) is 4. The number of aliphatic hydroxyl groups is 1. The molecule has 3 rings (SSSR count). The van der Waals surface area contributed by atoms with Gasteiger partial charge in [0, 0.05) is 30.1 Å². The number of methoxy groups -OCH3 is 2. The first-order valence-corrected chi connectivity index (χ1v) is 7.91. The van der Waals surface area contributed by atoms with Crippen LogP contribution in [0.1, 0.15) is 16.7 Å². The zero-order valence-corrected chi connectivity index (χ0v) is 13.6. The number of aliphatic hydroxyl groups excluding tert-OH is 1. The van der Waals surface area contributed by atoms with Crippen molar-refractivity contribution in [2.24, 2.45) is 0 Å². The molecule has 0 radical (unpaired) electrons. The average Bonchev–Trinajstić information content (AvgIpc) is 2.60. The standard InChI is InChI=1S/C19H23NO3/c1-22-18-8-9-19(23-2)15-11-17(21)16(10-14(15)18)20-12-13-6-4-3-5-7-13/h3-9,16-17,20-21H,10-12H2,1-2H3/t16-,17-/m0/s1. The molecule has 2 aromatic rings. The number of fused-ring (bicyclic) bond motifs is 1. The zero-order valence-electron chi connectivity index (χ0n) is 13.6. The van der Waals surface area contributed by atoms with Gasteiger partial charge in [-0.05, 0) is 24.1 Å². The van der Waals surface area contributed by atoms with Gasteiger partial charge in [-0.3, -0.25) is 0 Å². The topological polar surface area (TPSA) is 50.7 Å². The number of benzene rings is 2. The van der Waals surface area contributed by atoms with Gasteiger partial charge in [0.15, 0.2) is 0 Å². The molecule has 0 aliphatic heterocycles. The first-order chi connectivity index (χ1) is 11.2. The molecule has 0 fully saturated rings. The van der Waals surface area contributed by atoms with E-state index in [2.05, 4.69) is 17.4 Å². The molecule has 4 heteroatoms. The van der Waals surface area contributed by atoms with Crippen LogP contribution in [0.3, 0.4) is 0 Å². The maximum absolute atomic E-state index is 10.5. The Bertz CT molecular complexity index is 657. The molecule has 23 heavy (non-hydrogen) atoms. The summed E-state index contributed by atoms with van der Waals surface area (Å²) in [6, 6.07) is 14.1. The summed E-state index contributed by atoms with van der Waals surface area (Å²) in [5.74, 6) is 1.68. The van der Waals surface area contributed by atoms with Gasteiger partial charge in [-0.15, -0.1) is 0 Å².